The van der Waals surface area contributed by atoms with Crippen LogP contribution in [0.4, 0.5) is 0 Å². The quantitative estimate of drug-likeness (QED) is 0.849. The van der Waals surface area contributed by atoms with Crippen molar-refractivity contribution in [3.8, 4) is 0 Å². The Morgan fingerprint density at radius 3 is 2.37 bits per heavy atom. The van der Waals surface area contributed by atoms with E-state index in [-0.39, 0.29) is 5.91 Å². The molecule has 0 atom stereocenters. The van der Waals surface area contributed by atoms with E-state index in [4.69, 9.17) is 11.6 Å². The maximum absolute atomic E-state index is 12.2. The number of halogens is 1. The summed E-state index contributed by atoms with van der Waals surface area (Å²) in [5.74, 6) is 0.222. The van der Waals surface area contributed by atoms with Gasteiger partial charge in [-0.25, -0.2) is 0 Å². The van der Waals surface area contributed by atoms with Gasteiger partial charge in [-0.15, -0.1) is 0 Å². The van der Waals surface area contributed by atoms with E-state index < -0.39 is 0 Å². The minimum absolute atomic E-state index is 0.222. The smallest absolute Gasteiger partial charge is 0.226 e. The first-order valence-electron chi connectivity index (χ1n) is 6.75. The second-order valence-electron chi connectivity index (χ2n) is 5.38. The van der Waals surface area contributed by atoms with Crippen LogP contribution >= 0.6 is 11.6 Å². The third kappa shape index (κ3) is 3.95. The fourth-order valence-corrected chi connectivity index (χ4v) is 2.65. The van der Waals surface area contributed by atoms with Crippen LogP contribution in [-0.2, 0) is 11.2 Å². The van der Waals surface area contributed by atoms with E-state index in [1.54, 1.807) is 0 Å². The van der Waals surface area contributed by atoms with Gasteiger partial charge in [0.15, 0.2) is 0 Å². The highest BCUT2D eigenvalue weighted by atomic mass is 35.5. The molecule has 1 aliphatic rings. The van der Waals surface area contributed by atoms with Gasteiger partial charge in [-0.3, -0.25) is 4.79 Å². The summed E-state index contributed by atoms with van der Waals surface area (Å²) in [4.78, 5) is 16.4. The summed E-state index contributed by atoms with van der Waals surface area (Å²) in [6.07, 6.45) is 2.61. The van der Waals surface area contributed by atoms with Gasteiger partial charge in [0, 0.05) is 24.2 Å². The number of hydrogen-bond acceptors (Lipinski definition) is 2. The molecule has 1 aliphatic heterocycles. The van der Waals surface area contributed by atoms with Crippen LogP contribution in [0, 0.1) is 0 Å². The molecule has 19 heavy (non-hydrogen) atoms. The molecule has 3 nitrogen and oxygen atoms in total. The predicted octanol–water partition coefficient (Wildman–Crippen LogP) is 2.44. The second-order valence-corrected chi connectivity index (χ2v) is 5.82. The van der Waals surface area contributed by atoms with Crippen LogP contribution in [0.25, 0.3) is 0 Å². The number of carbonyl (C=O) groups is 1. The molecule has 0 bridgehead atoms. The highest BCUT2D eigenvalue weighted by molar-refractivity contribution is 6.30. The van der Waals surface area contributed by atoms with Gasteiger partial charge in [0.1, 0.15) is 0 Å². The van der Waals surface area contributed by atoms with Gasteiger partial charge < -0.3 is 9.80 Å². The van der Waals surface area contributed by atoms with Crippen molar-refractivity contribution in [3.63, 3.8) is 0 Å². The van der Waals surface area contributed by atoms with E-state index in [2.05, 4.69) is 19.0 Å². The van der Waals surface area contributed by atoms with E-state index in [1.807, 2.05) is 29.2 Å². The van der Waals surface area contributed by atoms with Crippen LogP contribution in [-0.4, -0.2) is 48.9 Å². The fraction of sp³-hybridized carbons (Fsp3) is 0.533. The number of benzene rings is 1. The van der Waals surface area contributed by atoms with Crippen molar-refractivity contribution in [1.82, 2.24) is 9.80 Å². The van der Waals surface area contributed by atoms with Gasteiger partial charge in [0.05, 0.1) is 6.42 Å². The average Bonchev–Trinajstić information content (AvgIpc) is 2.41. The predicted molar refractivity (Wildman–Crippen MR) is 78.4 cm³/mol. The van der Waals surface area contributed by atoms with E-state index in [0.717, 1.165) is 31.5 Å². The molecular weight excluding hydrogens is 260 g/mol. The molecule has 1 heterocycles. The summed E-state index contributed by atoms with van der Waals surface area (Å²) in [6, 6.07) is 8.13. The van der Waals surface area contributed by atoms with Crippen molar-refractivity contribution in [1.29, 1.82) is 0 Å². The third-order valence-corrected chi connectivity index (χ3v) is 4.07. The van der Waals surface area contributed by atoms with Crippen molar-refractivity contribution in [2.75, 3.05) is 27.2 Å². The minimum atomic E-state index is 0.222. The molecule has 1 amide bonds. The number of piperidine rings is 1. The van der Waals surface area contributed by atoms with Crippen molar-refractivity contribution in [2.45, 2.75) is 25.3 Å². The monoisotopic (exact) mass is 280 g/mol. The third-order valence-electron chi connectivity index (χ3n) is 3.82. The van der Waals surface area contributed by atoms with Crippen LogP contribution in [0.1, 0.15) is 18.4 Å². The van der Waals surface area contributed by atoms with Crippen molar-refractivity contribution in [3.05, 3.63) is 34.9 Å². The molecular formula is C15H21ClN2O. The summed E-state index contributed by atoms with van der Waals surface area (Å²) in [7, 11) is 4.21. The van der Waals surface area contributed by atoms with Crippen LogP contribution in [0.5, 0.6) is 0 Å². The van der Waals surface area contributed by atoms with Crippen LogP contribution < -0.4 is 0 Å². The molecule has 104 valence electrons. The second kappa shape index (κ2) is 6.40. The number of amides is 1. The number of nitrogens with zero attached hydrogens (tertiary/aromatic N) is 2. The van der Waals surface area contributed by atoms with E-state index >= 15 is 0 Å². The fourth-order valence-electron chi connectivity index (χ4n) is 2.52. The topological polar surface area (TPSA) is 23.6 Å². The first-order chi connectivity index (χ1) is 9.06. The Morgan fingerprint density at radius 1 is 1.26 bits per heavy atom. The Morgan fingerprint density at radius 2 is 1.84 bits per heavy atom. The van der Waals surface area contributed by atoms with E-state index in [9.17, 15) is 4.79 Å². The van der Waals surface area contributed by atoms with Gasteiger partial charge in [-0.1, -0.05) is 23.7 Å². The standard InChI is InChI=1S/C15H21ClN2O/c1-17(2)14-7-9-18(10-8-14)15(19)11-12-3-5-13(16)6-4-12/h3-6,14H,7-11H2,1-2H3. The van der Waals surface area contributed by atoms with Crippen molar-refractivity contribution < 1.29 is 4.79 Å². The molecule has 0 aliphatic carbocycles. The number of carbonyl (C=O) groups excluding carboxylic acids is 1. The maximum atomic E-state index is 12.2. The molecule has 2 rings (SSSR count). The Kier molecular flexibility index (Phi) is 4.83. The largest absolute Gasteiger partial charge is 0.342 e. The Labute approximate surface area is 120 Å². The van der Waals surface area contributed by atoms with Gasteiger partial charge in [0.25, 0.3) is 0 Å². The molecule has 0 spiro atoms. The molecule has 1 saturated heterocycles. The van der Waals surface area contributed by atoms with Crippen molar-refractivity contribution in [2.24, 2.45) is 0 Å². The molecule has 4 heteroatoms. The summed E-state index contributed by atoms with van der Waals surface area (Å²) in [5, 5.41) is 0.711. The highest BCUT2D eigenvalue weighted by Crippen LogP contribution is 2.16. The van der Waals surface area contributed by atoms with Gasteiger partial charge >= 0.3 is 0 Å². The molecule has 0 aromatic heterocycles. The summed E-state index contributed by atoms with van der Waals surface area (Å²) in [5.41, 5.74) is 1.03. The number of hydrogen-bond donors (Lipinski definition) is 0. The van der Waals surface area contributed by atoms with Gasteiger partial charge in [-0.2, -0.15) is 0 Å². The average molecular weight is 281 g/mol. The zero-order valence-electron chi connectivity index (χ0n) is 11.6. The first kappa shape index (κ1) is 14.4. The van der Waals surface area contributed by atoms with E-state index in [1.165, 1.54) is 0 Å². The summed E-state index contributed by atoms with van der Waals surface area (Å²) >= 11 is 5.84. The normalized spacial score (nSPS) is 16.9. The maximum Gasteiger partial charge on any atom is 0.226 e. The molecule has 1 fully saturated rings. The Hall–Kier alpha value is -1.06. The number of rotatable bonds is 3. The van der Waals surface area contributed by atoms with E-state index in [0.29, 0.717) is 17.5 Å². The van der Waals surface area contributed by atoms with Crippen LogP contribution in [0.3, 0.4) is 0 Å². The molecule has 0 radical (unpaired) electrons. The van der Waals surface area contributed by atoms with Crippen LogP contribution in [0.2, 0.25) is 5.02 Å². The lowest BCUT2D eigenvalue weighted by Gasteiger charge is -2.35. The van der Waals surface area contributed by atoms with Gasteiger partial charge in [-0.05, 0) is 44.6 Å². The Bertz CT molecular complexity index is 422. The molecule has 1 aromatic carbocycles. The lowest BCUT2D eigenvalue weighted by Crippen LogP contribution is -2.44. The molecule has 0 unspecified atom stereocenters. The highest BCUT2D eigenvalue weighted by Gasteiger charge is 2.23. The molecule has 1 aromatic rings. The summed E-state index contributed by atoms with van der Waals surface area (Å²) in [6.45, 7) is 1.74. The molecule has 0 saturated carbocycles. The van der Waals surface area contributed by atoms with Gasteiger partial charge in [0.2, 0.25) is 5.91 Å². The van der Waals surface area contributed by atoms with Crippen LogP contribution in [0.15, 0.2) is 24.3 Å². The SMILES string of the molecule is CN(C)C1CCN(C(=O)Cc2ccc(Cl)cc2)CC1. The zero-order valence-corrected chi connectivity index (χ0v) is 12.4. The number of likely N-dealkylation sites (tertiary alicyclic amines) is 1. The minimum Gasteiger partial charge on any atom is -0.342 e. The van der Waals surface area contributed by atoms with Crippen molar-refractivity contribution >= 4 is 17.5 Å². The first-order valence-corrected chi connectivity index (χ1v) is 7.12. The molecule has 0 N–H and O–H groups in total. The Balaban J connectivity index is 1.86. The summed E-state index contributed by atoms with van der Waals surface area (Å²) < 4.78 is 0. The zero-order chi connectivity index (χ0) is 13.8. The lowest BCUT2D eigenvalue weighted by molar-refractivity contribution is -0.131. The lowest BCUT2D eigenvalue weighted by atomic mass is 10.0.